The lowest BCUT2D eigenvalue weighted by molar-refractivity contribution is -0.114. The summed E-state index contributed by atoms with van der Waals surface area (Å²) in [6.45, 7) is 1.50. The molecule has 5 nitrogen and oxygen atoms in total. The van der Waals surface area contributed by atoms with Crippen molar-refractivity contribution in [2.45, 2.75) is 17.6 Å². The van der Waals surface area contributed by atoms with Gasteiger partial charge >= 0.3 is 0 Å². The van der Waals surface area contributed by atoms with Crippen LogP contribution in [0.15, 0.2) is 52.7 Å². The normalized spacial score (nSPS) is 10.5. The van der Waals surface area contributed by atoms with Crippen molar-refractivity contribution in [3.63, 3.8) is 0 Å². The highest BCUT2D eigenvalue weighted by Crippen LogP contribution is 2.36. The van der Waals surface area contributed by atoms with Gasteiger partial charge in [0, 0.05) is 34.7 Å². The number of nitrogens with zero attached hydrogens (tertiary/aromatic N) is 1. The van der Waals surface area contributed by atoms with Gasteiger partial charge in [-0.15, -0.1) is 23.1 Å². The van der Waals surface area contributed by atoms with Crippen LogP contribution in [0.2, 0.25) is 0 Å². The second kappa shape index (κ2) is 8.92. The number of ether oxygens (including phenoxy) is 2. The number of carbonyl (C=O) groups is 1. The summed E-state index contributed by atoms with van der Waals surface area (Å²) in [5.74, 6) is 2.20. The van der Waals surface area contributed by atoms with Gasteiger partial charge in [-0.2, -0.15) is 0 Å². The number of carbonyl (C=O) groups excluding carboxylic acids is 1. The maximum absolute atomic E-state index is 11.1. The molecule has 0 aliphatic heterocycles. The highest BCUT2D eigenvalue weighted by Gasteiger charge is 2.12. The van der Waals surface area contributed by atoms with Crippen molar-refractivity contribution < 1.29 is 14.3 Å². The summed E-state index contributed by atoms with van der Waals surface area (Å²) < 4.78 is 10.7. The molecule has 27 heavy (non-hydrogen) atoms. The van der Waals surface area contributed by atoms with Crippen LogP contribution in [-0.2, 0) is 10.5 Å². The Bertz CT molecular complexity index is 923. The quantitative estimate of drug-likeness (QED) is 0.561. The average molecular weight is 401 g/mol. The summed E-state index contributed by atoms with van der Waals surface area (Å²) in [4.78, 5) is 16.9. The van der Waals surface area contributed by atoms with Gasteiger partial charge in [0.15, 0.2) is 0 Å². The number of anilines is 1. The van der Waals surface area contributed by atoms with Gasteiger partial charge in [0.2, 0.25) is 5.91 Å². The first-order chi connectivity index (χ1) is 13.1. The Morgan fingerprint density at radius 3 is 2.59 bits per heavy atom. The van der Waals surface area contributed by atoms with Crippen LogP contribution in [0.3, 0.4) is 0 Å². The second-order valence-corrected chi connectivity index (χ2v) is 7.61. The number of amides is 1. The number of hydrogen-bond donors (Lipinski definition) is 1. The largest absolute Gasteiger partial charge is 0.497 e. The number of thiazole rings is 1. The lowest BCUT2D eigenvalue weighted by Crippen LogP contribution is -2.05. The van der Waals surface area contributed by atoms with Gasteiger partial charge < -0.3 is 14.8 Å². The number of rotatable bonds is 7. The summed E-state index contributed by atoms with van der Waals surface area (Å²) >= 11 is 3.30. The third-order valence-electron chi connectivity index (χ3n) is 3.75. The molecule has 1 amide bonds. The molecule has 140 valence electrons. The van der Waals surface area contributed by atoms with E-state index in [1.165, 1.54) is 6.92 Å². The van der Waals surface area contributed by atoms with Gasteiger partial charge in [-0.3, -0.25) is 4.79 Å². The molecule has 0 unspecified atom stereocenters. The molecule has 0 spiro atoms. The van der Waals surface area contributed by atoms with Gasteiger partial charge in [-0.1, -0.05) is 0 Å². The van der Waals surface area contributed by atoms with E-state index in [1.54, 1.807) is 37.3 Å². The van der Waals surface area contributed by atoms with E-state index < -0.39 is 0 Å². The van der Waals surface area contributed by atoms with E-state index in [2.05, 4.69) is 10.7 Å². The molecule has 1 aromatic heterocycles. The topological polar surface area (TPSA) is 60.5 Å². The number of thioether (sulfide) groups is 1. The summed E-state index contributed by atoms with van der Waals surface area (Å²) in [6, 6.07) is 13.5. The number of nitrogens with one attached hydrogen (secondary N) is 1. The molecule has 2 aromatic carbocycles. The number of benzene rings is 2. The standard InChI is InChI=1S/C20H20N2O3S2/c1-13(23)21-14-4-7-17(8-5-14)26-11-15-12-27-20(22-15)18-9-6-16(24-2)10-19(18)25-3/h4-10,12H,11H2,1-3H3,(H,21,23). The highest BCUT2D eigenvalue weighted by atomic mass is 32.2. The highest BCUT2D eigenvalue weighted by molar-refractivity contribution is 7.98. The first-order valence-electron chi connectivity index (χ1n) is 8.26. The summed E-state index contributed by atoms with van der Waals surface area (Å²) in [5, 5.41) is 5.76. The first-order valence-corrected chi connectivity index (χ1v) is 10.1. The minimum absolute atomic E-state index is 0.0700. The van der Waals surface area contributed by atoms with E-state index in [4.69, 9.17) is 14.5 Å². The van der Waals surface area contributed by atoms with E-state index in [-0.39, 0.29) is 5.91 Å². The van der Waals surface area contributed by atoms with Crippen molar-refractivity contribution in [2.75, 3.05) is 19.5 Å². The van der Waals surface area contributed by atoms with Crippen molar-refractivity contribution in [2.24, 2.45) is 0 Å². The molecule has 0 aliphatic rings. The SMILES string of the molecule is COc1ccc(-c2nc(CSc3ccc(NC(C)=O)cc3)cs2)c(OC)c1. The van der Waals surface area contributed by atoms with Crippen molar-refractivity contribution >= 4 is 34.7 Å². The molecule has 3 rings (SSSR count). The van der Waals surface area contributed by atoms with Crippen molar-refractivity contribution in [1.29, 1.82) is 0 Å². The fraction of sp³-hybridized carbons (Fsp3) is 0.200. The molecule has 0 radical (unpaired) electrons. The van der Waals surface area contributed by atoms with E-state index in [0.29, 0.717) is 0 Å². The molecule has 1 heterocycles. The van der Waals surface area contributed by atoms with Crippen molar-refractivity contribution in [3.05, 3.63) is 53.5 Å². The third kappa shape index (κ3) is 5.02. The molecule has 7 heteroatoms. The number of hydrogen-bond acceptors (Lipinski definition) is 6. The van der Waals surface area contributed by atoms with Crippen LogP contribution in [0.4, 0.5) is 5.69 Å². The first kappa shape index (κ1) is 19.3. The minimum atomic E-state index is -0.0700. The van der Waals surface area contributed by atoms with Crippen LogP contribution in [0.1, 0.15) is 12.6 Å². The molecule has 0 aliphatic carbocycles. The van der Waals surface area contributed by atoms with Crippen LogP contribution >= 0.6 is 23.1 Å². The molecule has 3 aromatic rings. The number of methoxy groups -OCH3 is 2. The summed E-state index contributed by atoms with van der Waals surface area (Å²) in [6.07, 6.45) is 0. The Kier molecular flexibility index (Phi) is 6.36. The van der Waals surface area contributed by atoms with Crippen LogP contribution < -0.4 is 14.8 Å². The lowest BCUT2D eigenvalue weighted by Gasteiger charge is -2.08. The van der Waals surface area contributed by atoms with Crippen LogP contribution in [-0.4, -0.2) is 25.1 Å². The van der Waals surface area contributed by atoms with Gasteiger partial charge in [-0.25, -0.2) is 4.98 Å². The molecule has 0 atom stereocenters. The molecule has 0 fully saturated rings. The van der Waals surface area contributed by atoms with Gasteiger partial charge in [-0.05, 0) is 36.4 Å². The van der Waals surface area contributed by atoms with E-state index >= 15 is 0 Å². The number of aromatic nitrogens is 1. The monoisotopic (exact) mass is 400 g/mol. The van der Waals surface area contributed by atoms with Gasteiger partial charge in [0.1, 0.15) is 16.5 Å². The zero-order chi connectivity index (χ0) is 19.2. The Balaban J connectivity index is 1.67. The average Bonchev–Trinajstić information content (AvgIpc) is 3.15. The van der Waals surface area contributed by atoms with Gasteiger partial charge in [0.25, 0.3) is 0 Å². The molecule has 0 bridgehead atoms. The minimum Gasteiger partial charge on any atom is -0.497 e. The van der Waals surface area contributed by atoms with Crippen LogP contribution in [0, 0.1) is 0 Å². The smallest absolute Gasteiger partial charge is 0.221 e. The molecular weight excluding hydrogens is 380 g/mol. The van der Waals surface area contributed by atoms with Crippen molar-refractivity contribution in [3.8, 4) is 22.1 Å². The predicted molar refractivity (Wildman–Crippen MR) is 111 cm³/mol. The molecule has 0 saturated carbocycles. The van der Waals surface area contributed by atoms with E-state index in [1.807, 2.05) is 42.5 Å². The fourth-order valence-corrected chi connectivity index (χ4v) is 4.21. The van der Waals surface area contributed by atoms with E-state index in [0.717, 1.165) is 44.1 Å². The predicted octanol–water partition coefficient (Wildman–Crippen LogP) is 5.08. The summed E-state index contributed by atoms with van der Waals surface area (Å²) in [5.41, 5.74) is 2.78. The Morgan fingerprint density at radius 1 is 1.15 bits per heavy atom. The zero-order valence-electron chi connectivity index (χ0n) is 15.3. The van der Waals surface area contributed by atoms with E-state index in [9.17, 15) is 4.79 Å². The Hall–Kier alpha value is -2.51. The zero-order valence-corrected chi connectivity index (χ0v) is 16.9. The molecule has 0 saturated heterocycles. The van der Waals surface area contributed by atoms with Crippen molar-refractivity contribution in [1.82, 2.24) is 4.98 Å². The Labute approximate surface area is 166 Å². The third-order valence-corrected chi connectivity index (χ3v) is 5.72. The second-order valence-electron chi connectivity index (χ2n) is 5.70. The van der Waals surface area contributed by atoms with Gasteiger partial charge in [0.05, 0.1) is 25.5 Å². The van der Waals surface area contributed by atoms with Crippen LogP contribution in [0.5, 0.6) is 11.5 Å². The molecular formula is C20H20N2O3S2. The lowest BCUT2D eigenvalue weighted by atomic mass is 10.2. The van der Waals surface area contributed by atoms with Crippen LogP contribution in [0.25, 0.3) is 10.6 Å². The molecule has 1 N–H and O–H groups in total. The maximum Gasteiger partial charge on any atom is 0.221 e. The fourth-order valence-electron chi connectivity index (χ4n) is 2.47. The Morgan fingerprint density at radius 2 is 1.93 bits per heavy atom. The summed E-state index contributed by atoms with van der Waals surface area (Å²) in [7, 11) is 3.28. The maximum atomic E-state index is 11.1.